The van der Waals surface area contributed by atoms with Gasteiger partial charge in [-0.2, -0.15) is 0 Å². The zero-order valence-electron chi connectivity index (χ0n) is 66.1. The van der Waals surface area contributed by atoms with Crippen molar-refractivity contribution in [1.82, 2.24) is 39.9 Å². The lowest BCUT2D eigenvalue weighted by Gasteiger charge is -2.32. The molecule has 0 spiro atoms. The average Bonchev–Trinajstić information content (AvgIpc) is 1.56. The van der Waals surface area contributed by atoms with Crippen molar-refractivity contribution in [3.8, 4) is 146 Å². The van der Waals surface area contributed by atoms with Gasteiger partial charge >= 0.3 is 7.12 Å². The second-order valence-corrected chi connectivity index (χ2v) is 31.4. The van der Waals surface area contributed by atoms with Gasteiger partial charge in [-0.05, 0) is 139 Å². The molecule has 6 aromatic heterocycles. The molecule has 1 aliphatic rings. The van der Waals surface area contributed by atoms with Gasteiger partial charge in [-0.3, -0.25) is 0 Å². The smallest absolute Gasteiger partial charge is 0.452 e. The summed E-state index contributed by atoms with van der Waals surface area (Å²) < 4.78 is 26.2. The molecular formula is C106H76BBrN8O4. The van der Waals surface area contributed by atoms with Crippen LogP contribution in [0.15, 0.2) is 402 Å². The molecular weight excluding hydrogens is 1540 g/mol. The fraction of sp³-hybridized carbons (Fsp3) is 0.0566. The van der Waals surface area contributed by atoms with E-state index in [1.165, 1.54) is 0 Å². The molecule has 1 aliphatic heterocycles. The highest BCUT2D eigenvalue weighted by Crippen LogP contribution is 2.42. The third-order valence-electron chi connectivity index (χ3n) is 22.0. The van der Waals surface area contributed by atoms with E-state index in [0.717, 1.165) is 172 Å². The van der Waals surface area contributed by atoms with Crippen LogP contribution in [0.2, 0.25) is 0 Å². The van der Waals surface area contributed by atoms with Crippen LogP contribution in [0.5, 0.6) is 0 Å². The van der Waals surface area contributed by atoms with Crippen LogP contribution in [0.1, 0.15) is 27.7 Å². The Morgan fingerprint density at radius 2 is 0.500 bits per heavy atom. The summed E-state index contributed by atoms with van der Waals surface area (Å²) in [6.07, 6.45) is 0. The molecule has 1 saturated heterocycles. The highest BCUT2D eigenvalue weighted by atomic mass is 79.9. The van der Waals surface area contributed by atoms with Gasteiger partial charge < -0.3 is 18.1 Å². The summed E-state index contributed by atoms with van der Waals surface area (Å²) in [6.45, 7) is 8.29. The average molecular weight is 1620 g/mol. The van der Waals surface area contributed by atoms with Gasteiger partial charge in [0, 0.05) is 70.9 Å². The first-order valence-electron chi connectivity index (χ1n) is 40.0. The van der Waals surface area contributed by atoms with Crippen LogP contribution in [0.4, 0.5) is 0 Å². The number of hydrogen-bond acceptors (Lipinski definition) is 12. The second kappa shape index (κ2) is 32.9. The molecule has 0 radical (unpaired) electrons. The van der Waals surface area contributed by atoms with Crippen LogP contribution >= 0.6 is 15.9 Å². The van der Waals surface area contributed by atoms with Crippen molar-refractivity contribution in [3.05, 3.63) is 393 Å². The first-order chi connectivity index (χ1) is 58.8. The Morgan fingerprint density at radius 1 is 0.233 bits per heavy atom. The zero-order chi connectivity index (χ0) is 81.1. The molecule has 21 rings (SSSR count). The van der Waals surface area contributed by atoms with E-state index in [4.69, 9.17) is 58.0 Å². The summed E-state index contributed by atoms with van der Waals surface area (Å²) in [6, 6.07) is 132. The number of hydrogen-bond donors (Lipinski definition) is 0. The summed E-state index contributed by atoms with van der Waals surface area (Å²) in [7, 11) is -0.415. The predicted molar refractivity (Wildman–Crippen MR) is 490 cm³/mol. The van der Waals surface area contributed by atoms with E-state index >= 15 is 0 Å². The summed E-state index contributed by atoms with van der Waals surface area (Å²) in [4.78, 5) is 40.0. The van der Waals surface area contributed by atoms with Gasteiger partial charge in [0.05, 0.1) is 34.0 Å². The Bertz CT molecular complexity index is 7010. The van der Waals surface area contributed by atoms with Crippen LogP contribution in [0.3, 0.4) is 0 Å². The lowest BCUT2D eigenvalue weighted by atomic mass is 9.78. The molecule has 7 heterocycles. The van der Waals surface area contributed by atoms with Gasteiger partial charge in [0.1, 0.15) is 33.6 Å². The number of fused-ring (bicyclic) bond motifs is 6. The molecule has 0 unspecified atom stereocenters. The molecule has 12 nitrogen and oxygen atoms in total. The van der Waals surface area contributed by atoms with Crippen LogP contribution in [-0.2, 0) is 9.31 Å². The number of nitrogens with zero attached hydrogens (tertiary/aromatic N) is 8. The second-order valence-electron chi connectivity index (χ2n) is 30.5. The quantitative estimate of drug-likeness (QED) is 0.0954. The van der Waals surface area contributed by atoms with Crippen molar-refractivity contribution in [2.24, 2.45) is 0 Å². The van der Waals surface area contributed by atoms with E-state index in [2.05, 4.69) is 250 Å². The maximum absolute atomic E-state index is 6.33. The fourth-order valence-electron chi connectivity index (χ4n) is 15.1. The Hall–Kier alpha value is -14.5. The van der Waals surface area contributed by atoms with E-state index < -0.39 is 18.3 Å². The van der Waals surface area contributed by atoms with Crippen molar-refractivity contribution >= 4 is 72.6 Å². The van der Waals surface area contributed by atoms with Crippen LogP contribution < -0.4 is 5.46 Å². The van der Waals surface area contributed by atoms with Crippen molar-refractivity contribution in [2.75, 3.05) is 0 Å². The standard InChI is InChI=1S/C50H32N4O.C34H29BN2O3.C22H15BrN2/c1-4-15-33(16-5-1)43-32-44(34-17-6-2-7-18-34)52-49(51-43)40-25-13-23-38(30-40)36-21-12-22-37(29-36)39-24-14-26-41(31-39)50-53-46(35-19-8-3-9-20-35)48-47(54-50)42-27-10-11-28-45(42)55-48;1-33(2)34(3,4)40-35(39-33)26-17-11-15-24(21-26)23-14-10-16-25(20-23)32-36-29(22-12-6-5-7-13-22)31-30(37-32)27-18-8-9-19-28(27)38-31;23-19-13-7-12-18(14-19)22-24-20(16-8-3-1-4-9-16)15-21(25-22)17-10-5-2-6-11-17/h1-32H;5-21H,1-4H3;1-15H. The number of halogens is 1. The van der Waals surface area contributed by atoms with Crippen LogP contribution in [-0.4, -0.2) is 58.2 Å². The van der Waals surface area contributed by atoms with Gasteiger partial charge in [-0.15, -0.1) is 0 Å². The molecule has 14 aromatic carbocycles. The van der Waals surface area contributed by atoms with Crippen molar-refractivity contribution in [3.63, 3.8) is 0 Å². The largest absolute Gasteiger partial charge is 0.494 e. The SMILES string of the molecule is Brc1cccc(-c2nc(-c3ccccc3)cc(-c3ccccc3)n2)c1.CC1(C)OB(c2cccc(-c3cccc(-c4nc(-c5ccccc5)c5oc6ccccc6c5n4)c3)c2)OC1(C)C.c1ccc(-c2cc(-c3ccccc3)nc(-c3cccc(-c4cccc(-c5cccc(-c6nc(-c7ccccc7)c7oc8ccccc8c7n6)c5)c4)c3)n2)cc1. The molecule has 120 heavy (non-hydrogen) atoms. The van der Waals surface area contributed by atoms with E-state index in [0.29, 0.717) is 28.6 Å². The number of aromatic nitrogens is 8. The van der Waals surface area contributed by atoms with Crippen molar-refractivity contribution in [2.45, 2.75) is 38.9 Å². The zero-order valence-corrected chi connectivity index (χ0v) is 67.7. The van der Waals surface area contributed by atoms with Gasteiger partial charge in [0.25, 0.3) is 0 Å². The van der Waals surface area contributed by atoms with Gasteiger partial charge in [0.2, 0.25) is 0 Å². The molecule has 0 N–H and O–H groups in total. The molecule has 574 valence electrons. The number of rotatable bonds is 14. The minimum absolute atomic E-state index is 0.392. The molecule has 1 fully saturated rings. The normalized spacial score (nSPS) is 12.8. The van der Waals surface area contributed by atoms with Crippen LogP contribution in [0, 0.1) is 0 Å². The van der Waals surface area contributed by atoms with E-state index in [-0.39, 0.29) is 0 Å². The topological polar surface area (TPSA) is 148 Å². The molecule has 0 saturated carbocycles. The highest BCUT2D eigenvalue weighted by Gasteiger charge is 2.51. The monoisotopic (exact) mass is 1610 g/mol. The molecule has 0 bridgehead atoms. The Morgan fingerprint density at radius 3 is 0.850 bits per heavy atom. The summed E-state index contributed by atoms with van der Waals surface area (Å²) >= 11 is 3.53. The molecule has 0 aliphatic carbocycles. The molecule has 0 atom stereocenters. The number of furan rings is 2. The van der Waals surface area contributed by atoms with Crippen molar-refractivity contribution < 1.29 is 18.1 Å². The fourth-order valence-corrected chi connectivity index (χ4v) is 15.5. The first-order valence-corrected chi connectivity index (χ1v) is 40.7. The van der Waals surface area contributed by atoms with Crippen LogP contribution in [0.25, 0.3) is 191 Å². The lowest BCUT2D eigenvalue weighted by Crippen LogP contribution is -2.41. The Kier molecular flexibility index (Phi) is 20.7. The molecule has 0 amide bonds. The Labute approximate surface area is 704 Å². The van der Waals surface area contributed by atoms with Crippen molar-refractivity contribution in [1.29, 1.82) is 0 Å². The summed E-state index contributed by atoms with van der Waals surface area (Å²) in [5.41, 5.74) is 26.5. The van der Waals surface area contributed by atoms with E-state index in [1.807, 2.05) is 182 Å². The first kappa shape index (κ1) is 75.5. The third kappa shape index (κ3) is 15.8. The van der Waals surface area contributed by atoms with Gasteiger partial charge in [-0.25, -0.2) is 39.9 Å². The van der Waals surface area contributed by atoms with E-state index in [1.54, 1.807) is 0 Å². The highest BCUT2D eigenvalue weighted by molar-refractivity contribution is 9.10. The minimum atomic E-state index is -0.415. The maximum atomic E-state index is 6.33. The number of benzene rings is 14. The lowest BCUT2D eigenvalue weighted by molar-refractivity contribution is 0.00578. The van der Waals surface area contributed by atoms with Gasteiger partial charge in [0.15, 0.2) is 34.5 Å². The summed E-state index contributed by atoms with van der Waals surface area (Å²) in [5.74, 6) is 2.71. The van der Waals surface area contributed by atoms with E-state index in [9.17, 15) is 0 Å². The molecule has 20 aromatic rings. The molecule has 14 heteroatoms. The minimum Gasteiger partial charge on any atom is -0.452 e. The third-order valence-corrected chi connectivity index (χ3v) is 22.5. The van der Waals surface area contributed by atoms with Gasteiger partial charge in [-0.1, -0.05) is 331 Å². The number of para-hydroxylation sites is 2. The maximum Gasteiger partial charge on any atom is 0.494 e. The Balaban J connectivity index is 0.000000128. The predicted octanol–water partition coefficient (Wildman–Crippen LogP) is 26.8. The summed E-state index contributed by atoms with van der Waals surface area (Å²) in [5, 5.41) is 1.95.